The molecule has 0 amide bonds. The average Bonchev–Trinajstić information content (AvgIpc) is 2.54. The zero-order valence-corrected chi connectivity index (χ0v) is 16.6. The van der Waals surface area contributed by atoms with E-state index in [-0.39, 0.29) is 30.1 Å². The molecule has 0 aliphatic carbocycles. The van der Waals surface area contributed by atoms with Crippen molar-refractivity contribution < 1.29 is 14.2 Å². The molecule has 1 aromatic rings. The van der Waals surface area contributed by atoms with Crippen molar-refractivity contribution in [3.05, 3.63) is 24.3 Å². The van der Waals surface area contributed by atoms with Gasteiger partial charge in [-0.25, -0.2) is 0 Å². The number of rotatable bonds is 9. The highest BCUT2D eigenvalue weighted by Crippen LogP contribution is 2.19. The number of ether oxygens (including phenoxy) is 3. The van der Waals surface area contributed by atoms with Gasteiger partial charge in [-0.3, -0.25) is 4.99 Å². The third-order valence-corrected chi connectivity index (χ3v) is 2.90. The summed E-state index contributed by atoms with van der Waals surface area (Å²) in [7, 11) is 3.38. The van der Waals surface area contributed by atoms with Crippen LogP contribution in [0, 0.1) is 0 Å². The second-order valence-corrected chi connectivity index (χ2v) is 4.68. The molecule has 0 heterocycles. The summed E-state index contributed by atoms with van der Waals surface area (Å²) in [4.78, 5) is 4.16. The van der Waals surface area contributed by atoms with Crippen molar-refractivity contribution in [3.63, 3.8) is 0 Å². The van der Waals surface area contributed by atoms with Gasteiger partial charge in [0, 0.05) is 26.3 Å². The molecule has 0 fully saturated rings. The zero-order valence-electron chi connectivity index (χ0n) is 14.3. The Morgan fingerprint density at radius 2 is 2.00 bits per heavy atom. The molecule has 0 aliphatic rings. The molecule has 0 aliphatic heterocycles. The second kappa shape index (κ2) is 13.2. The quantitative estimate of drug-likeness (QED) is 0.269. The fourth-order valence-electron chi connectivity index (χ4n) is 1.80. The Kier molecular flexibility index (Phi) is 12.5. The number of nitrogens with one attached hydrogen (secondary N) is 2. The minimum absolute atomic E-state index is 0. The summed E-state index contributed by atoms with van der Waals surface area (Å²) in [5, 5.41) is 6.40. The lowest BCUT2D eigenvalue weighted by Crippen LogP contribution is -2.42. The third-order valence-electron chi connectivity index (χ3n) is 2.90. The van der Waals surface area contributed by atoms with E-state index in [0.717, 1.165) is 30.6 Å². The molecule has 0 saturated heterocycles. The number of hydrogen-bond acceptors (Lipinski definition) is 4. The van der Waals surface area contributed by atoms with Crippen LogP contribution in [-0.4, -0.2) is 52.5 Å². The summed E-state index contributed by atoms with van der Waals surface area (Å²) in [6.45, 7) is 6.72. The molecule has 7 heteroatoms. The minimum atomic E-state index is -0.00227. The molecule has 1 aromatic carbocycles. The molecule has 132 valence electrons. The SMILES string of the molecule is CCOCCNC(=NC)NCC(C)Oc1cccc(OC)c1.I. The maximum Gasteiger partial charge on any atom is 0.191 e. The molecule has 2 N–H and O–H groups in total. The lowest BCUT2D eigenvalue weighted by Gasteiger charge is -2.18. The van der Waals surface area contributed by atoms with E-state index in [1.165, 1.54) is 0 Å². The summed E-state index contributed by atoms with van der Waals surface area (Å²) >= 11 is 0. The molecule has 0 saturated carbocycles. The number of methoxy groups -OCH3 is 1. The summed E-state index contributed by atoms with van der Waals surface area (Å²) in [6.07, 6.45) is -0.00227. The van der Waals surface area contributed by atoms with E-state index in [1.807, 2.05) is 38.1 Å². The predicted molar refractivity (Wildman–Crippen MR) is 104 cm³/mol. The van der Waals surface area contributed by atoms with E-state index in [0.29, 0.717) is 13.2 Å². The van der Waals surface area contributed by atoms with Gasteiger partial charge in [0.05, 0.1) is 20.3 Å². The van der Waals surface area contributed by atoms with E-state index in [1.54, 1.807) is 14.2 Å². The Labute approximate surface area is 156 Å². The van der Waals surface area contributed by atoms with Gasteiger partial charge in [-0.05, 0) is 26.0 Å². The van der Waals surface area contributed by atoms with Crippen molar-refractivity contribution in [3.8, 4) is 11.5 Å². The Hall–Kier alpha value is -1.22. The molecule has 6 nitrogen and oxygen atoms in total. The van der Waals surface area contributed by atoms with Crippen LogP contribution in [0.1, 0.15) is 13.8 Å². The van der Waals surface area contributed by atoms with Gasteiger partial charge in [-0.15, -0.1) is 24.0 Å². The van der Waals surface area contributed by atoms with Gasteiger partial charge in [0.2, 0.25) is 0 Å². The van der Waals surface area contributed by atoms with Crippen molar-refractivity contribution in [2.24, 2.45) is 4.99 Å². The molecule has 1 rings (SSSR count). The summed E-state index contributed by atoms with van der Waals surface area (Å²) < 4.78 is 16.3. The van der Waals surface area contributed by atoms with Crippen LogP contribution in [0.25, 0.3) is 0 Å². The Morgan fingerprint density at radius 1 is 1.26 bits per heavy atom. The first-order chi connectivity index (χ1) is 10.7. The van der Waals surface area contributed by atoms with E-state index >= 15 is 0 Å². The lowest BCUT2D eigenvalue weighted by molar-refractivity contribution is 0.152. The van der Waals surface area contributed by atoms with Gasteiger partial charge in [0.1, 0.15) is 17.6 Å². The molecular weight excluding hydrogens is 409 g/mol. The summed E-state index contributed by atoms with van der Waals surface area (Å²) in [6, 6.07) is 7.57. The molecule has 0 aromatic heterocycles. The van der Waals surface area contributed by atoms with Crippen LogP contribution < -0.4 is 20.1 Å². The summed E-state index contributed by atoms with van der Waals surface area (Å²) in [5.74, 6) is 2.31. The predicted octanol–water partition coefficient (Wildman–Crippen LogP) is 2.28. The van der Waals surface area contributed by atoms with Crippen molar-refractivity contribution in [1.29, 1.82) is 0 Å². The first-order valence-corrected chi connectivity index (χ1v) is 7.52. The molecule has 0 spiro atoms. The van der Waals surface area contributed by atoms with Crippen molar-refractivity contribution in [2.75, 3.05) is 40.5 Å². The standard InChI is InChI=1S/C16H27N3O3.HI/c1-5-21-10-9-18-16(17-3)19-12-13(2)22-15-8-6-7-14(11-15)20-4;/h6-8,11,13H,5,9-10,12H2,1-4H3,(H2,17,18,19);1H. The molecular formula is C16H28IN3O3. The smallest absolute Gasteiger partial charge is 0.191 e. The van der Waals surface area contributed by atoms with Gasteiger partial charge in [0.25, 0.3) is 0 Å². The van der Waals surface area contributed by atoms with Crippen LogP contribution in [-0.2, 0) is 4.74 Å². The van der Waals surface area contributed by atoms with E-state index in [9.17, 15) is 0 Å². The Balaban J connectivity index is 0.00000484. The number of benzene rings is 1. The summed E-state index contributed by atoms with van der Waals surface area (Å²) in [5.41, 5.74) is 0. The van der Waals surface area contributed by atoms with Crippen LogP contribution >= 0.6 is 24.0 Å². The van der Waals surface area contributed by atoms with E-state index in [2.05, 4.69) is 15.6 Å². The topological polar surface area (TPSA) is 64.1 Å². The molecule has 23 heavy (non-hydrogen) atoms. The van der Waals surface area contributed by atoms with Crippen molar-refractivity contribution in [1.82, 2.24) is 10.6 Å². The number of nitrogens with zero attached hydrogens (tertiary/aromatic N) is 1. The zero-order chi connectivity index (χ0) is 16.2. The van der Waals surface area contributed by atoms with Gasteiger partial charge >= 0.3 is 0 Å². The maximum absolute atomic E-state index is 5.84. The van der Waals surface area contributed by atoms with Gasteiger partial charge in [-0.2, -0.15) is 0 Å². The van der Waals surface area contributed by atoms with Crippen LogP contribution in [0.5, 0.6) is 11.5 Å². The van der Waals surface area contributed by atoms with Crippen LogP contribution in [0.15, 0.2) is 29.3 Å². The van der Waals surface area contributed by atoms with Crippen LogP contribution in [0.3, 0.4) is 0 Å². The highest BCUT2D eigenvalue weighted by atomic mass is 127. The first-order valence-electron chi connectivity index (χ1n) is 7.52. The first kappa shape index (κ1) is 21.8. The van der Waals surface area contributed by atoms with Crippen molar-refractivity contribution in [2.45, 2.75) is 20.0 Å². The highest BCUT2D eigenvalue weighted by Gasteiger charge is 2.06. The lowest BCUT2D eigenvalue weighted by atomic mass is 10.3. The fourth-order valence-corrected chi connectivity index (χ4v) is 1.80. The Morgan fingerprint density at radius 3 is 2.65 bits per heavy atom. The van der Waals surface area contributed by atoms with Gasteiger partial charge < -0.3 is 24.8 Å². The number of guanidine groups is 1. The molecule has 0 bridgehead atoms. The second-order valence-electron chi connectivity index (χ2n) is 4.68. The van der Waals surface area contributed by atoms with E-state index in [4.69, 9.17) is 14.2 Å². The minimum Gasteiger partial charge on any atom is -0.497 e. The largest absolute Gasteiger partial charge is 0.497 e. The van der Waals surface area contributed by atoms with Crippen LogP contribution in [0.4, 0.5) is 0 Å². The van der Waals surface area contributed by atoms with Gasteiger partial charge in [0.15, 0.2) is 5.96 Å². The normalized spacial score (nSPS) is 12.1. The van der Waals surface area contributed by atoms with Crippen molar-refractivity contribution >= 4 is 29.9 Å². The van der Waals surface area contributed by atoms with Crippen LogP contribution in [0.2, 0.25) is 0 Å². The highest BCUT2D eigenvalue weighted by molar-refractivity contribution is 14.0. The average molecular weight is 437 g/mol. The van der Waals surface area contributed by atoms with E-state index < -0.39 is 0 Å². The maximum atomic E-state index is 5.84. The number of halogens is 1. The molecule has 1 atom stereocenters. The number of hydrogen-bond donors (Lipinski definition) is 2. The fraction of sp³-hybridized carbons (Fsp3) is 0.562. The van der Waals surface area contributed by atoms with Gasteiger partial charge in [-0.1, -0.05) is 6.07 Å². The molecule has 0 radical (unpaired) electrons. The monoisotopic (exact) mass is 437 g/mol. The molecule has 1 unspecified atom stereocenters. The Bertz CT molecular complexity index is 458. The third kappa shape index (κ3) is 9.50. The number of aliphatic imine (C=N–C) groups is 1.